The average Bonchev–Trinajstić information content (AvgIpc) is 2.59. The van der Waals surface area contributed by atoms with Crippen LogP contribution < -0.4 is 16.0 Å². The van der Waals surface area contributed by atoms with Gasteiger partial charge in [0.05, 0.1) is 0 Å². The molecule has 0 radical (unpaired) electrons. The molecule has 0 aliphatic rings. The van der Waals surface area contributed by atoms with E-state index in [1.807, 2.05) is 24.3 Å². The van der Waals surface area contributed by atoms with Crippen molar-refractivity contribution in [2.45, 2.75) is 26.8 Å². The maximum atomic E-state index is 11.0. The fourth-order valence-corrected chi connectivity index (χ4v) is 2.51. The number of anilines is 1. The van der Waals surface area contributed by atoms with Gasteiger partial charge in [0.2, 0.25) is 5.91 Å². The first kappa shape index (κ1) is 18.5. The highest BCUT2D eigenvalue weighted by atomic mass is 16.1. The number of amides is 1. The van der Waals surface area contributed by atoms with Gasteiger partial charge in [-0.15, -0.1) is 0 Å². The Morgan fingerprint density at radius 3 is 2.44 bits per heavy atom. The summed E-state index contributed by atoms with van der Waals surface area (Å²) in [7, 11) is 1.77. The summed E-state index contributed by atoms with van der Waals surface area (Å²) in [5, 5.41) is 9.41. The van der Waals surface area contributed by atoms with Crippen LogP contribution in [-0.4, -0.2) is 25.5 Å². The molecule has 2 aromatic carbocycles. The van der Waals surface area contributed by atoms with Crippen molar-refractivity contribution in [1.82, 2.24) is 10.6 Å². The zero-order chi connectivity index (χ0) is 18.1. The molecule has 0 bridgehead atoms. The highest BCUT2D eigenvalue weighted by molar-refractivity contribution is 5.88. The first-order chi connectivity index (χ1) is 12.1. The molecule has 2 rings (SSSR count). The molecule has 5 heteroatoms. The van der Waals surface area contributed by atoms with Gasteiger partial charge in [0.15, 0.2) is 5.96 Å². The number of nitrogens with one attached hydrogen (secondary N) is 3. The summed E-state index contributed by atoms with van der Waals surface area (Å²) in [6.07, 6.45) is 0.880. The standard InChI is InChI=1S/C20H26N4O/c1-15-5-4-6-18(13-15)14-23-20(21-3)22-12-11-17-7-9-19(10-8-17)24-16(2)25/h4-10,13H,11-12,14H2,1-3H3,(H,24,25)(H2,21,22,23). The molecule has 0 aliphatic heterocycles. The van der Waals surface area contributed by atoms with E-state index < -0.39 is 0 Å². The number of aryl methyl sites for hydroxylation is 1. The van der Waals surface area contributed by atoms with Crippen molar-refractivity contribution in [2.24, 2.45) is 4.99 Å². The van der Waals surface area contributed by atoms with Crippen LogP contribution >= 0.6 is 0 Å². The minimum atomic E-state index is -0.0575. The van der Waals surface area contributed by atoms with Crippen LogP contribution in [0.3, 0.4) is 0 Å². The van der Waals surface area contributed by atoms with E-state index in [0.717, 1.165) is 31.2 Å². The highest BCUT2D eigenvalue weighted by Crippen LogP contribution is 2.09. The Kier molecular flexibility index (Phi) is 7.01. The highest BCUT2D eigenvalue weighted by Gasteiger charge is 2.00. The molecule has 0 saturated heterocycles. The Bertz CT molecular complexity index is 723. The molecule has 25 heavy (non-hydrogen) atoms. The van der Waals surface area contributed by atoms with Gasteiger partial charge in [-0.2, -0.15) is 0 Å². The topological polar surface area (TPSA) is 65.5 Å². The second kappa shape index (κ2) is 9.47. The SMILES string of the molecule is CN=C(NCCc1ccc(NC(C)=O)cc1)NCc1cccc(C)c1. The molecule has 0 saturated carbocycles. The lowest BCUT2D eigenvalue weighted by Gasteiger charge is -2.12. The van der Waals surface area contributed by atoms with Crippen LogP contribution in [0.25, 0.3) is 0 Å². The van der Waals surface area contributed by atoms with Crippen LogP contribution in [0.4, 0.5) is 5.69 Å². The molecule has 0 unspecified atom stereocenters. The Hall–Kier alpha value is -2.82. The van der Waals surface area contributed by atoms with E-state index in [4.69, 9.17) is 0 Å². The lowest BCUT2D eigenvalue weighted by atomic mass is 10.1. The zero-order valence-electron chi connectivity index (χ0n) is 15.1. The average molecular weight is 338 g/mol. The van der Waals surface area contributed by atoms with Gasteiger partial charge in [-0.25, -0.2) is 0 Å². The van der Waals surface area contributed by atoms with E-state index >= 15 is 0 Å². The normalized spacial score (nSPS) is 11.1. The van der Waals surface area contributed by atoms with Gasteiger partial charge in [-0.3, -0.25) is 9.79 Å². The second-order valence-electron chi connectivity index (χ2n) is 5.97. The van der Waals surface area contributed by atoms with E-state index in [-0.39, 0.29) is 5.91 Å². The molecule has 0 aliphatic carbocycles. The zero-order valence-corrected chi connectivity index (χ0v) is 15.1. The van der Waals surface area contributed by atoms with Crippen LogP contribution in [0.1, 0.15) is 23.6 Å². The van der Waals surface area contributed by atoms with Crippen molar-refractivity contribution < 1.29 is 4.79 Å². The lowest BCUT2D eigenvalue weighted by molar-refractivity contribution is -0.114. The van der Waals surface area contributed by atoms with E-state index in [1.54, 1.807) is 7.05 Å². The Morgan fingerprint density at radius 2 is 1.80 bits per heavy atom. The molecule has 5 nitrogen and oxygen atoms in total. The fraction of sp³-hybridized carbons (Fsp3) is 0.300. The molecule has 0 spiro atoms. The van der Waals surface area contributed by atoms with Gasteiger partial charge < -0.3 is 16.0 Å². The molecular formula is C20H26N4O. The van der Waals surface area contributed by atoms with Crippen molar-refractivity contribution in [3.8, 4) is 0 Å². The largest absolute Gasteiger partial charge is 0.356 e. The summed E-state index contributed by atoms with van der Waals surface area (Å²) in [6, 6.07) is 16.3. The number of carbonyl (C=O) groups is 1. The summed E-state index contributed by atoms with van der Waals surface area (Å²) in [5.41, 5.74) is 4.51. The van der Waals surface area contributed by atoms with Gasteiger partial charge in [0.1, 0.15) is 0 Å². The maximum absolute atomic E-state index is 11.0. The van der Waals surface area contributed by atoms with Crippen LogP contribution in [0, 0.1) is 6.92 Å². The van der Waals surface area contributed by atoms with Crippen LogP contribution in [-0.2, 0) is 17.8 Å². The molecule has 3 N–H and O–H groups in total. The molecule has 2 aromatic rings. The van der Waals surface area contributed by atoms with Gasteiger partial charge in [-0.05, 0) is 36.6 Å². The van der Waals surface area contributed by atoms with Crippen molar-refractivity contribution >= 4 is 17.6 Å². The van der Waals surface area contributed by atoms with Crippen LogP contribution in [0.2, 0.25) is 0 Å². The first-order valence-electron chi connectivity index (χ1n) is 8.43. The number of nitrogens with zero attached hydrogens (tertiary/aromatic N) is 1. The molecule has 0 fully saturated rings. The number of benzene rings is 2. The molecule has 0 heterocycles. The Balaban J connectivity index is 1.76. The second-order valence-corrected chi connectivity index (χ2v) is 5.97. The van der Waals surface area contributed by atoms with Crippen molar-refractivity contribution in [2.75, 3.05) is 18.9 Å². The van der Waals surface area contributed by atoms with Crippen LogP contribution in [0.15, 0.2) is 53.5 Å². The third kappa shape index (κ3) is 6.67. The van der Waals surface area contributed by atoms with Gasteiger partial charge in [-0.1, -0.05) is 42.0 Å². The number of hydrogen-bond acceptors (Lipinski definition) is 2. The first-order valence-corrected chi connectivity index (χ1v) is 8.43. The van der Waals surface area contributed by atoms with E-state index in [1.165, 1.54) is 23.6 Å². The third-order valence-electron chi connectivity index (χ3n) is 3.75. The number of rotatable bonds is 6. The van der Waals surface area contributed by atoms with Gasteiger partial charge >= 0.3 is 0 Å². The number of aliphatic imine (C=N–C) groups is 1. The minimum Gasteiger partial charge on any atom is -0.356 e. The maximum Gasteiger partial charge on any atom is 0.221 e. The molecule has 0 atom stereocenters. The van der Waals surface area contributed by atoms with Crippen molar-refractivity contribution in [3.05, 3.63) is 65.2 Å². The summed E-state index contributed by atoms with van der Waals surface area (Å²) < 4.78 is 0. The Morgan fingerprint density at radius 1 is 1.04 bits per heavy atom. The van der Waals surface area contributed by atoms with Gasteiger partial charge in [0.25, 0.3) is 0 Å². The summed E-state index contributed by atoms with van der Waals surface area (Å²) >= 11 is 0. The molecule has 0 aromatic heterocycles. The minimum absolute atomic E-state index is 0.0575. The summed E-state index contributed by atoms with van der Waals surface area (Å²) in [4.78, 5) is 15.3. The smallest absolute Gasteiger partial charge is 0.221 e. The number of carbonyl (C=O) groups excluding carboxylic acids is 1. The number of hydrogen-bond donors (Lipinski definition) is 3. The monoisotopic (exact) mass is 338 g/mol. The Labute approximate surface area is 149 Å². The molecule has 132 valence electrons. The number of guanidine groups is 1. The van der Waals surface area contributed by atoms with E-state index in [0.29, 0.717) is 0 Å². The third-order valence-corrected chi connectivity index (χ3v) is 3.75. The van der Waals surface area contributed by atoms with Gasteiger partial charge in [0, 0.05) is 32.7 Å². The lowest BCUT2D eigenvalue weighted by Crippen LogP contribution is -2.37. The van der Waals surface area contributed by atoms with Crippen LogP contribution in [0.5, 0.6) is 0 Å². The predicted molar refractivity (Wildman–Crippen MR) is 104 cm³/mol. The van der Waals surface area contributed by atoms with Crippen molar-refractivity contribution in [3.63, 3.8) is 0 Å². The van der Waals surface area contributed by atoms with Crippen molar-refractivity contribution in [1.29, 1.82) is 0 Å². The quantitative estimate of drug-likeness (QED) is 0.560. The molecule has 1 amide bonds. The summed E-state index contributed by atoms with van der Waals surface area (Å²) in [5.74, 6) is 0.731. The molecular weight excluding hydrogens is 312 g/mol. The van der Waals surface area contributed by atoms with E-state index in [9.17, 15) is 4.79 Å². The van der Waals surface area contributed by atoms with E-state index in [2.05, 4.69) is 52.1 Å². The predicted octanol–water partition coefficient (Wildman–Crippen LogP) is 2.86. The summed E-state index contributed by atoms with van der Waals surface area (Å²) in [6.45, 7) is 5.13. The fourth-order valence-electron chi connectivity index (χ4n) is 2.51.